The molecule has 1 heterocycles. The molecule has 0 bridgehead atoms. The Morgan fingerprint density at radius 3 is 2.17 bits per heavy atom. The molecular weight excluding hydrogens is 386 g/mol. The monoisotopic (exact) mass is 423 g/mol. The van der Waals surface area contributed by atoms with E-state index in [4.69, 9.17) is 4.74 Å². The van der Waals surface area contributed by atoms with Gasteiger partial charge in [0.1, 0.15) is 0 Å². The predicted molar refractivity (Wildman–Crippen MR) is 120 cm³/mol. The number of anilines is 2. The first-order valence-electron chi connectivity index (χ1n) is 11.0. The van der Waals surface area contributed by atoms with E-state index in [-0.39, 0.29) is 23.5 Å². The molecule has 164 valence electrons. The van der Waals surface area contributed by atoms with Gasteiger partial charge in [0.05, 0.1) is 17.5 Å². The quantitative estimate of drug-likeness (QED) is 0.701. The smallest absolute Gasteiger partial charge is 0.214 e. The highest BCUT2D eigenvalue weighted by molar-refractivity contribution is 7.90. The van der Waals surface area contributed by atoms with Gasteiger partial charge in [-0.1, -0.05) is 0 Å². The van der Waals surface area contributed by atoms with E-state index < -0.39 is 10.0 Å². The Labute approximate surface area is 176 Å². The van der Waals surface area contributed by atoms with Crippen LogP contribution in [0, 0.1) is 5.92 Å². The molecule has 7 heteroatoms. The molecule has 0 aromatic heterocycles. The van der Waals surface area contributed by atoms with Gasteiger partial charge >= 0.3 is 0 Å². The van der Waals surface area contributed by atoms with E-state index in [0.717, 1.165) is 51.0 Å². The van der Waals surface area contributed by atoms with Crippen molar-refractivity contribution in [3.8, 4) is 0 Å². The lowest BCUT2D eigenvalue weighted by atomic mass is 9.86. The van der Waals surface area contributed by atoms with Gasteiger partial charge in [-0.05, 0) is 83.6 Å². The van der Waals surface area contributed by atoms with Crippen molar-refractivity contribution < 1.29 is 13.2 Å². The van der Waals surface area contributed by atoms with Crippen molar-refractivity contribution in [1.29, 1.82) is 0 Å². The molecule has 2 N–H and O–H groups in total. The third-order valence-corrected chi connectivity index (χ3v) is 7.95. The fourth-order valence-electron chi connectivity index (χ4n) is 4.29. The van der Waals surface area contributed by atoms with Gasteiger partial charge in [-0.2, -0.15) is 0 Å². The van der Waals surface area contributed by atoms with E-state index in [1.165, 1.54) is 5.69 Å². The van der Waals surface area contributed by atoms with Gasteiger partial charge in [-0.25, -0.2) is 13.1 Å². The Kier molecular flexibility index (Phi) is 7.46. The average molecular weight is 424 g/mol. The summed E-state index contributed by atoms with van der Waals surface area (Å²) in [7, 11) is -3.17. The van der Waals surface area contributed by atoms with Crippen LogP contribution in [0.4, 0.5) is 11.4 Å². The van der Waals surface area contributed by atoms with Crippen molar-refractivity contribution in [3.63, 3.8) is 0 Å². The van der Waals surface area contributed by atoms with Crippen molar-refractivity contribution in [2.75, 3.05) is 29.9 Å². The number of benzene rings is 1. The fourth-order valence-corrected chi connectivity index (χ4v) is 5.27. The van der Waals surface area contributed by atoms with Gasteiger partial charge in [-0.15, -0.1) is 0 Å². The van der Waals surface area contributed by atoms with E-state index in [2.05, 4.69) is 53.1 Å². The summed E-state index contributed by atoms with van der Waals surface area (Å²) < 4.78 is 32.8. The Balaban J connectivity index is 1.43. The first kappa shape index (κ1) is 22.4. The standard InChI is InChI=1S/C22H37N3O3S/c1-16(2)29(26,27)24-21-7-5-19(6-8-21)13-23-20-9-11-22(12-10-20)25-14-17(3)28-18(4)15-25/h9-12,16-19,21,23-24H,5-8,13-15H2,1-4H3/t17-,18-,19?,21?/m1/s1. The molecule has 6 nitrogen and oxygen atoms in total. The second-order valence-electron chi connectivity index (χ2n) is 9.02. The number of sulfonamides is 1. The lowest BCUT2D eigenvalue weighted by Gasteiger charge is -2.37. The molecular formula is C22H37N3O3S. The average Bonchev–Trinajstić information content (AvgIpc) is 2.67. The summed E-state index contributed by atoms with van der Waals surface area (Å²) in [5.41, 5.74) is 2.39. The van der Waals surface area contributed by atoms with E-state index in [0.29, 0.717) is 5.92 Å². The van der Waals surface area contributed by atoms with Crippen molar-refractivity contribution in [3.05, 3.63) is 24.3 Å². The minimum atomic E-state index is -3.17. The maximum atomic E-state index is 12.0. The Morgan fingerprint density at radius 2 is 1.62 bits per heavy atom. The summed E-state index contributed by atoms with van der Waals surface area (Å²) >= 11 is 0. The molecule has 0 spiro atoms. The van der Waals surface area contributed by atoms with Crippen molar-refractivity contribution in [2.24, 2.45) is 5.92 Å². The lowest BCUT2D eigenvalue weighted by Crippen LogP contribution is -2.45. The third kappa shape index (κ3) is 6.33. The summed E-state index contributed by atoms with van der Waals surface area (Å²) in [6.07, 6.45) is 4.48. The van der Waals surface area contributed by atoms with Crippen LogP contribution in [-0.4, -0.2) is 51.6 Å². The molecule has 0 amide bonds. The number of hydrogen-bond acceptors (Lipinski definition) is 5. The maximum Gasteiger partial charge on any atom is 0.214 e. The van der Waals surface area contributed by atoms with Gasteiger partial charge in [0, 0.05) is 37.1 Å². The van der Waals surface area contributed by atoms with Gasteiger partial charge in [0.15, 0.2) is 0 Å². The van der Waals surface area contributed by atoms with Gasteiger partial charge < -0.3 is 15.0 Å². The second-order valence-corrected chi connectivity index (χ2v) is 11.3. The zero-order valence-electron chi connectivity index (χ0n) is 18.2. The van der Waals surface area contributed by atoms with Gasteiger partial charge in [0.2, 0.25) is 10.0 Å². The van der Waals surface area contributed by atoms with Crippen LogP contribution < -0.4 is 14.9 Å². The molecule has 1 aliphatic carbocycles. The first-order chi connectivity index (χ1) is 13.7. The summed E-state index contributed by atoms with van der Waals surface area (Å²) in [6, 6.07) is 8.77. The van der Waals surface area contributed by atoms with Crippen LogP contribution in [-0.2, 0) is 14.8 Å². The summed E-state index contributed by atoms with van der Waals surface area (Å²) in [6.45, 7) is 10.5. The third-order valence-electron chi connectivity index (χ3n) is 6.05. The molecule has 0 unspecified atom stereocenters. The van der Waals surface area contributed by atoms with Crippen LogP contribution >= 0.6 is 0 Å². The fraction of sp³-hybridized carbons (Fsp3) is 0.727. The highest BCUT2D eigenvalue weighted by Crippen LogP contribution is 2.26. The zero-order valence-corrected chi connectivity index (χ0v) is 19.0. The summed E-state index contributed by atoms with van der Waals surface area (Å²) in [4.78, 5) is 2.39. The minimum Gasteiger partial charge on any atom is -0.385 e. The van der Waals surface area contributed by atoms with Crippen molar-refractivity contribution in [2.45, 2.75) is 76.9 Å². The molecule has 1 aromatic rings. The summed E-state index contributed by atoms with van der Waals surface area (Å²) in [5, 5.41) is 3.19. The number of rotatable bonds is 7. The Bertz CT molecular complexity index is 733. The van der Waals surface area contributed by atoms with E-state index in [1.807, 2.05) is 0 Å². The normalized spacial score (nSPS) is 28.5. The molecule has 29 heavy (non-hydrogen) atoms. The highest BCUT2D eigenvalue weighted by Gasteiger charge is 2.26. The van der Waals surface area contributed by atoms with Crippen LogP contribution in [0.3, 0.4) is 0 Å². The molecule has 1 saturated heterocycles. The van der Waals surface area contributed by atoms with Crippen molar-refractivity contribution >= 4 is 21.4 Å². The molecule has 1 aromatic carbocycles. The predicted octanol–water partition coefficient (Wildman–Crippen LogP) is 3.60. The topological polar surface area (TPSA) is 70.7 Å². The minimum absolute atomic E-state index is 0.0937. The number of hydrogen-bond donors (Lipinski definition) is 2. The largest absolute Gasteiger partial charge is 0.385 e. The van der Waals surface area contributed by atoms with Crippen LogP contribution in [0.2, 0.25) is 0 Å². The van der Waals surface area contributed by atoms with Crippen molar-refractivity contribution in [1.82, 2.24) is 4.72 Å². The number of morpholine rings is 1. The van der Waals surface area contributed by atoms with Crippen LogP contribution in [0.5, 0.6) is 0 Å². The van der Waals surface area contributed by atoms with E-state index in [9.17, 15) is 8.42 Å². The molecule has 1 aliphatic heterocycles. The number of nitrogens with one attached hydrogen (secondary N) is 2. The lowest BCUT2D eigenvalue weighted by molar-refractivity contribution is -0.00521. The molecule has 2 aliphatic rings. The summed E-state index contributed by atoms with van der Waals surface area (Å²) in [5.74, 6) is 0.593. The van der Waals surface area contributed by atoms with Crippen LogP contribution in [0.15, 0.2) is 24.3 Å². The highest BCUT2D eigenvalue weighted by atomic mass is 32.2. The first-order valence-corrected chi connectivity index (χ1v) is 12.5. The molecule has 0 radical (unpaired) electrons. The molecule has 3 rings (SSSR count). The van der Waals surface area contributed by atoms with E-state index >= 15 is 0 Å². The van der Waals surface area contributed by atoms with Crippen LogP contribution in [0.1, 0.15) is 53.4 Å². The maximum absolute atomic E-state index is 12.0. The molecule has 2 fully saturated rings. The Hall–Kier alpha value is -1.31. The zero-order chi connectivity index (χ0) is 21.0. The Morgan fingerprint density at radius 1 is 1.03 bits per heavy atom. The van der Waals surface area contributed by atoms with Gasteiger partial charge in [-0.3, -0.25) is 0 Å². The van der Waals surface area contributed by atoms with Gasteiger partial charge in [0.25, 0.3) is 0 Å². The van der Waals surface area contributed by atoms with E-state index in [1.54, 1.807) is 13.8 Å². The SMILES string of the molecule is CC(C)S(=O)(=O)NC1CCC(CNc2ccc(N3C[C@@H](C)O[C@H](C)C3)cc2)CC1. The van der Waals surface area contributed by atoms with Crippen LogP contribution in [0.25, 0.3) is 0 Å². The second kappa shape index (κ2) is 9.67. The number of ether oxygens (including phenoxy) is 1. The molecule has 1 saturated carbocycles. The molecule has 2 atom stereocenters. The number of nitrogens with zero attached hydrogens (tertiary/aromatic N) is 1.